The molecule has 2 aromatic carbocycles. The maximum Gasteiger partial charge on any atom is 0.255 e. The fourth-order valence-corrected chi connectivity index (χ4v) is 2.74. The van der Waals surface area contributed by atoms with Crippen molar-refractivity contribution in [3.8, 4) is 23.0 Å². The van der Waals surface area contributed by atoms with Gasteiger partial charge in [-0.2, -0.15) is 0 Å². The lowest BCUT2D eigenvalue weighted by atomic mass is 10.1. The van der Waals surface area contributed by atoms with E-state index >= 15 is 0 Å². The number of amides is 2. The van der Waals surface area contributed by atoms with Crippen LogP contribution in [-0.4, -0.2) is 40.3 Å². The van der Waals surface area contributed by atoms with Gasteiger partial charge in [0.15, 0.2) is 11.5 Å². The predicted octanol–water partition coefficient (Wildman–Crippen LogP) is 3.71. The quantitative estimate of drug-likeness (QED) is 0.664. The lowest BCUT2D eigenvalue weighted by Gasteiger charge is -2.15. The van der Waals surface area contributed by atoms with Crippen LogP contribution in [0.2, 0.25) is 0 Å². The molecule has 156 valence electrons. The summed E-state index contributed by atoms with van der Waals surface area (Å²) in [5, 5.41) is 5.59. The minimum atomic E-state index is -0.375. The lowest BCUT2D eigenvalue weighted by molar-refractivity contribution is -0.116. The summed E-state index contributed by atoms with van der Waals surface area (Å²) in [6, 6.07) is 8.12. The molecule has 0 atom stereocenters. The van der Waals surface area contributed by atoms with Crippen LogP contribution in [-0.2, 0) is 4.79 Å². The Hall–Kier alpha value is -3.42. The molecule has 0 aliphatic carbocycles. The summed E-state index contributed by atoms with van der Waals surface area (Å²) in [7, 11) is 5.96. The van der Waals surface area contributed by atoms with E-state index in [4.69, 9.17) is 18.9 Å². The molecule has 8 nitrogen and oxygen atoms in total. The van der Waals surface area contributed by atoms with Crippen molar-refractivity contribution in [1.82, 2.24) is 0 Å². The first-order chi connectivity index (χ1) is 14.0. The number of hydrogen-bond acceptors (Lipinski definition) is 6. The molecule has 0 saturated carbocycles. The fraction of sp³-hybridized carbons (Fsp3) is 0.333. The van der Waals surface area contributed by atoms with Crippen LogP contribution in [0.4, 0.5) is 11.4 Å². The molecule has 0 aliphatic rings. The summed E-state index contributed by atoms with van der Waals surface area (Å²) < 4.78 is 21.1. The van der Waals surface area contributed by atoms with Crippen molar-refractivity contribution in [2.75, 3.05) is 39.1 Å². The number of nitrogens with one attached hydrogen (secondary N) is 2. The van der Waals surface area contributed by atoms with Crippen molar-refractivity contribution >= 4 is 23.2 Å². The number of methoxy groups -OCH3 is 4. The van der Waals surface area contributed by atoms with Gasteiger partial charge in [0.2, 0.25) is 11.7 Å². The van der Waals surface area contributed by atoms with Crippen LogP contribution in [0, 0.1) is 0 Å². The molecule has 0 fully saturated rings. The van der Waals surface area contributed by atoms with E-state index in [-0.39, 0.29) is 11.8 Å². The van der Waals surface area contributed by atoms with Gasteiger partial charge in [0.1, 0.15) is 5.75 Å². The molecule has 2 rings (SSSR count). The summed E-state index contributed by atoms with van der Waals surface area (Å²) >= 11 is 0. The highest BCUT2D eigenvalue weighted by molar-refractivity contribution is 6.05. The molecule has 2 aromatic rings. The van der Waals surface area contributed by atoms with Crippen molar-refractivity contribution in [3.63, 3.8) is 0 Å². The number of benzene rings is 2. The van der Waals surface area contributed by atoms with Crippen LogP contribution in [0.15, 0.2) is 30.3 Å². The van der Waals surface area contributed by atoms with Gasteiger partial charge in [0, 0.05) is 17.7 Å². The topological polar surface area (TPSA) is 95.1 Å². The number of rotatable bonds is 9. The Morgan fingerprint density at radius 2 is 1.45 bits per heavy atom. The Morgan fingerprint density at radius 3 is 1.97 bits per heavy atom. The van der Waals surface area contributed by atoms with Crippen molar-refractivity contribution in [1.29, 1.82) is 0 Å². The second kappa shape index (κ2) is 10.2. The van der Waals surface area contributed by atoms with Gasteiger partial charge in [-0.1, -0.05) is 6.92 Å². The second-order valence-electron chi connectivity index (χ2n) is 6.08. The SMILES string of the molecule is CCCC(=O)Nc1cc(NC(=O)c2cc(OC)c(OC)c(OC)c2)ccc1OC. The van der Waals surface area contributed by atoms with Crippen molar-refractivity contribution in [2.24, 2.45) is 0 Å². The monoisotopic (exact) mass is 402 g/mol. The summed E-state index contributed by atoms with van der Waals surface area (Å²) in [5.74, 6) is 1.15. The molecule has 0 radical (unpaired) electrons. The van der Waals surface area contributed by atoms with Crippen LogP contribution < -0.4 is 29.6 Å². The Balaban J connectivity index is 2.29. The molecule has 0 saturated heterocycles. The molecule has 29 heavy (non-hydrogen) atoms. The first-order valence-corrected chi connectivity index (χ1v) is 9.06. The van der Waals surface area contributed by atoms with Crippen LogP contribution in [0.25, 0.3) is 0 Å². The van der Waals surface area contributed by atoms with Crippen LogP contribution >= 0.6 is 0 Å². The van der Waals surface area contributed by atoms with Gasteiger partial charge < -0.3 is 29.6 Å². The molecule has 0 unspecified atom stereocenters. The maximum absolute atomic E-state index is 12.8. The molecule has 0 aliphatic heterocycles. The first kappa shape index (κ1) is 21.9. The molecule has 0 bridgehead atoms. The van der Waals surface area contributed by atoms with Gasteiger partial charge in [0.25, 0.3) is 5.91 Å². The minimum absolute atomic E-state index is 0.126. The van der Waals surface area contributed by atoms with Gasteiger partial charge in [0.05, 0.1) is 34.1 Å². The van der Waals surface area contributed by atoms with Crippen LogP contribution in [0.5, 0.6) is 23.0 Å². The molecule has 0 heterocycles. The van der Waals surface area contributed by atoms with Gasteiger partial charge in [-0.25, -0.2) is 0 Å². The second-order valence-corrected chi connectivity index (χ2v) is 6.08. The van der Waals surface area contributed by atoms with Gasteiger partial charge in [-0.05, 0) is 36.8 Å². The number of carbonyl (C=O) groups excluding carboxylic acids is 2. The zero-order chi connectivity index (χ0) is 21.4. The summed E-state index contributed by atoms with van der Waals surface area (Å²) in [5.41, 5.74) is 1.30. The van der Waals surface area contributed by atoms with E-state index in [0.717, 1.165) is 6.42 Å². The zero-order valence-corrected chi connectivity index (χ0v) is 17.3. The van der Waals surface area contributed by atoms with Crippen molar-refractivity contribution < 1.29 is 28.5 Å². The first-order valence-electron chi connectivity index (χ1n) is 9.06. The van der Waals surface area contributed by atoms with Gasteiger partial charge in [-0.15, -0.1) is 0 Å². The van der Waals surface area contributed by atoms with Gasteiger partial charge in [-0.3, -0.25) is 9.59 Å². The fourth-order valence-electron chi connectivity index (χ4n) is 2.74. The molecule has 0 spiro atoms. The Bertz CT molecular complexity index is 856. The molecule has 8 heteroatoms. The van der Waals surface area contributed by atoms with E-state index in [9.17, 15) is 9.59 Å². The molecule has 0 aromatic heterocycles. The lowest BCUT2D eigenvalue weighted by Crippen LogP contribution is -2.14. The minimum Gasteiger partial charge on any atom is -0.495 e. The van der Waals surface area contributed by atoms with E-state index in [1.807, 2.05) is 6.92 Å². The smallest absolute Gasteiger partial charge is 0.255 e. The summed E-state index contributed by atoms with van der Waals surface area (Å²) in [4.78, 5) is 24.7. The number of anilines is 2. The van der Waals surface area contributed by atoms with Crippen LogP contribution in [0.3, 0.4) is 0 Å². The molecular weight excluding hydrogens is 376 g/mol. The van der Waals surface area contributed by atoms with E-state index in [1.165, 1.54) is 28.4 Å². The third kappa shape index (κ3) is 5.31. The number of carbonyl (C=O) groups is 2. The van der Waals surface area contributed by atoms with Gasteiger partial charge >= 0.3 is 0 Å². The Labute approximate surface area is 170 Å². The summed E-state index contributed by atoms with van der Waals surface area (Å²) in [6.45, 7) is 1.92. The van der Waals surface area contributed by atoms with Crippen molar-refractivity contribution in [3.05, 3.63) is 35.9 Å². The third-order valence-corrected chi connectivity index (χ3v) is 4.14. The van der Waals surface area contributed by atoms with E-state index in [2.05, 4.69) is 10.6 Å². The van der Waals surface area contributed by atoms with Crippen molar-refractivity contribution in [2.45, 2.75) is 19.8 Å². The average Bonchev–Trinajstić information content (AvgIpc) is 2.72. The van der Waals surface area contributed by atoms with E-state index in [0.29, 0.717) is 46.4 Å². The summed E-state index contributed by atoms with van der Waals surface area (Å²) in [6.07, 6.45) is 1.12. The predicted molar refractivity (Wildman–Crippen MR) is 111 cm³/mol. The molecule has 2 N–H and O–H groups in total. The van der Waals surface area contributed by atoms with E-state index < -0.39 is 0 Å². The van der Waals surface area contributed by atoms with E-state index in [1.54, 1.807) is 30.3 Å². The highest BCUT2D eigenvalue weighted by Gasteiger charge is 2.18. The number of ether oxygens (including phenoxy) is 4. The molecular formula is C21H26N2O6. The standard InChI is InChI=1S/C21H26N2O6/c1-6-7-19(24)23-15-12-14(8-9-16(15)26-2)22-21(25)13-10-17(27-3)20(29-5)18(11-13)28-4/h8-12H,6-7H2,1-5H3,(H,22,25)(H,23,24). The third-order valence-electron chi connectivity index (χ3n) is 4.14. The molecule has 2 amide bonds. The number of hydrogen-bond donors (Lipinski definition) is 2. The highest BCUT2D eigenvalue weighted by Crippen LogP contribution is 2.38. The zero-order valence-electron chi connectivity index (χ0n) is 17.3. The average molecular weight is 402 g/mol. The normalized spacial score (nSPS) is 10.1. The Kier molecular flexibility index (Phi) is 7.70. The maximum atomic E-state index is 12.8. The van der Waals surface area contributed by atoms with Crippen LogP contribution in [0.1, 0.15) is 30.1 Å². The highest BCUT2D eigenvalue weighted by atomic mass is 16.5. The largest absolute Gasteiger partial charge is 0.495 e. The Morgan fingerprint density at radius 1 is 0.828 bits per heavy atom.